The predicted molar refractivity (Wildman–Crippen MR) is 54.7 cm³/mol. The van der Waals surface area contributed by atoms with Gasteiger partial charge in [0.05, 0.1) is 0 Å². The SMILES string of the molecule is NC(=O)N/N=C1/CCC2CC=CC1C2. The van der Waals surface area contributed by atoms with Crippen LogP contribution in [0.2, 0.25) is 0 Å². The molecule has 2 rings (SSSR count). The number of nitrogens with zero attached hydrogens (tertiary/aromatic N) is 1. The molecule has 14 heavy (non-hydrogen) atoms. The standard InChI is InChI=1S/C10H15N3O/c11-10(14)13-12-9-5-4-7-2-1-3-8(9)6-7/h1,3,7-8H,2,4-6H2,(H3,11,13,14)/b12-9-. The number of urea groups is 1. The van der Waals surface area contributed by atoms with Gasteiger partial charge in [0.25, 0.3) is 0 Å². The molecule has 0 spiro atoms. The molecule has 2 amide bonds. The summed E-state index contributed by atoms with van der Waals surface area (Å²) in [7, 11) is 0. The molecule has 1 fully saturated rings. The van der Waals surface area contributed by atoms with Crippen molar-refractivity contribution in [2.24, 2.45) is 22.7 Å². The number of carbonyl (C=O) groups excluding carboxylic acids is 1. The van der Waals surface area contributed by atoms with Gasteiger partial charge in [-0.25, -0.2) is 10.2 Å². The Labute approximate surface area is 83.2 Å². The van der Waals surface area contributed by atoms with Gasteiger partial charge in [-0.3, -0.25) is 0 Å². The van der Waals surface area contributed by atoms with Crippen molar-refractivity contribution in [1.29, 1.82) is 0 Å². The normalized spacial score (nSPS) is 33.0. The summed E-state index contributed by atoms with van der Waals surface area (Å²) in [5.41, 5.74) is 8.34. The smallest absolute Gasteiger partial charge is 0.332 e. The van der Waals surface area contributed by atoms with Crippen LogP contribution < -0.4 is 11.2 Å². The van der Waals surface area contributed by atoms with Gasteiger partial charge in [-0.2, -0.15) is 5.10 Å². The first-order valence-corrected chi connectivity index (χ1v) is 5.04. The van der Waals surface area contributed by atoms with E-state index >= 15 is 0 Å². The summed E-state index contributed by atoms with van der Waals surface area (Å²) in [6.07, 6.45) is 8.96. The Morgan fingerprint density at radius 1 is 1.64 bits per heavy atom. The molecule has 0 aromatic heterocycles. The summed E-state index contributed by atoms with van der Waals surface area (Å²) in [5, 5.41) is 4.04. The molecule has 76 valence electrons. The van der Waals surface area contributed by atoms with E-state index in [4.69, 9.17) is 5.73 Å². The summed E-state index contributed by atoms with van der Waals surface area (Å²) < 4.78 is 0. The zero-order chi connectivity index (χ0) is 9.97. The maximum Gasteiger partial charge on any atom is 0.332 e. The van der Waals surface area contributed by atoms with Crippen molar-refractivity contribution in [1.82, 2.24) is 5.43 Å². The molecule has 2 aliphatic rings. The Morgan fingerprint density at radius 2 is 2.50 bits per heavy atom. The number of carbonyl (C=O) groups is 1. The van der Waals surface area contributed by atoms with Crippen molar-refractivity contribution >= 4 is 11.7 Å². The minimum absolute atomic E-state index is 0.425. The zero-order valence-corrected chi connectivity index (χ0v) is 8.07. The van der Waals surface area contributed by atoms with Gasteiger partial charge in [-0.1, -0.05) is 12.2 Å². The molecular formula is C10H15N3O. The van der Waals surface area contributed by atoms with Crippen LogP contribution >= 0.6 is 0 Å². The lowest BCUT2D eigenvalue weighted by Crippen LogP contribution is -2.31. The Balaban J connectivity index is 2.05. The number of nitrogens with two attached hydrogens (primary N) is 1. The molecule has 2 aliphatic carbocycles. The first-order chi connectivity index (χ1) is 6.75. The van der Waals surface area contributed by atoms with Gasteiger partial charge < -0.3 is 5.73 Å². The predicted octanol–water partition coefficient (Wildman–Crippen LogP) is 1.39. The Bertz CT molecular complexity index is 296. The molecule has 0 aromatic carbocycles. The fraction of sp³-hybridized carbons (Fsp3) is 0.600. The van der Waals surface area contributed by atoms with E-state index in [9.17, 15) is 4.79 Å². The number of primary amides is 1. The third-order valence-corrected chi connectivity index (χ3v) is 2.97. The number of hydrogen-bond donors (Lipinski definition) is 2. The van der Waals surface area contributed by atoms with E-state index in [2.05, 4.69) is 22.7 Å². The number of rotatable bonds is 1. The average molecular weight is 193 g/mol. The van der Waals surface area contributed by atoms with E-state index < -0.39 is 6.03 Å². The highest BCUT2D eigenvalue weighted by molar-refractivity contribution is 5.90. The number of allylic oxidation sites excluding steroid dienone is 2. The summed E-state index contributed by atoms with van der Waals surface area (Å²) in [6, 6.07) is -0.584. The first kappa shape index (κ1) is 9.24. The average Bonchev–Trinajstić information content (AvgIpc) is 2.17. The molecule has 4 nitrogen and oxygen atoms in total. The second kappa shape index (κ2) is 3.82. The maximum absolute atomic E-state index is 10.5. The van der Waals surface area contributed by atoms with Crippen LogP contribution in [0, 0.1) is 11.8 Å². The van der Waals surface area contributed by atoms with Crippen LogP contribution in [-0.2, 0) is 0 Å². The molecule has 0 saturated heterocycles. The largest absolute Gasteiger partial charge is 0.350 e. The number of hydrazone groups is 1. The minimum atomic E-state index is -0.584. The Morgan fingerprint density at radius 3 is 3.29 bits per heavy atom. The van der Waals surface area contributed by atoms with E-state index in [1.165, 1.54) is 19.3 Å². The second-order valence-corrected chi connectivity index (χ2v) is 3.99. The van der Waals surface area contributed by atoms with Gasteiger partial charge >= 0.3 is 6.03 Å². The van der Waals surface area contributed by atoms with E-state index in [1.54, 1.807) is 0 Å². The van der Waals surface area contributed by atoms with Crippen molar-refractivity contribution in [2.75, 3.05) is 0 Å². The highest BCUT2D eigenvalue weighted by Crippen LogP contribution is 2.34. The molecule has 1 saturated carbocycles. The van der Waals surface area contributed by atoms with Crippen LogP contribution in [0.5, 0.6) is 0 Å². The van der Waals surface area contributed by atoms with Gasteiger partial charge in [-0.15, -0.1) is 0 Å². The molecule has 0 aromatic rings. The lowest BCUT2D eigenvalue weighted by Gasteiger charge is -2.31. The Hall–Kier alpha value is -1.32. The maximum atomic E-state index is 10.5. The minimum Gasteiger partial charge on any atom is -0.350 e. The molecule has 3 N–H and O–H groups in total. The molecule has 4 heteroatoms. The topological polar surface area (TPSA) is 67.5 Å². The lowest BCUT2D eigenvalue weighted by atomic mass is 9.75. The molecule has 2 bridgehead atoms. The summed E-state index contributed by atoms with van der Waals surface area (Å²) in [5.74, 6) is 1.24. The molecule has 2 unspecified atom stereocenters. The molecule has 0 aliphatic heterocycles. The van der Waals surface area contributed by atoms with Gasteiger partial charge in [0, 0.05) is 11.6 Å². The quantitative estimate of drug-likeness (QED) is 0.479. The summed E-state index contributed by atoms with van der Waals surface area (Å²) in [6.45, 7) is 0. The van der Waals surface area contributed by atoms with Crippen LogP contribution in [0.25, 0.3) is 0 Å². The second-order valence-electron chi connectivity index (χ2n) is 3.99. The van der Waals surface area contributed by atoms with E-state index in [0.29, 0.717) is 5.92 Å². The number of fused-ring (bicyclic) bond motifs is 2. The number of nitrogens with one attached hydrogen (secondary N) is 1. The highest BCUT2D eigenvalue weighted by atomic mass is 16.2. The third-order valence-electron chi connectivity index (χ3n) is 2.97. The Kier molecular flexibility index (Phi) is 2.52. The monoisotopic (exact) mass is 193 g/mol. The van der Waals surface area contributed by atoms with Gasteiger partial charge in [0.2, 0.25) is 0 Å². The van der Waals surface area contributed by atoms with Crippen LogP contribution in [0.1, 0.15) is 25.7 Å². The highest BCUT2D eigenvalue weighted by Gasteiger charge is 2.27. The third kappa shape index (κ3) is 1.95. The van der Waals surface area contributed by atoms with Crippen LogP contribution in [0.3, 0.4) is 0 Å². The molecule has 0 heterocycles. The van der Waals surface area contributed by atoms with Gasteiger partial charge in [0.1, 0.15) is 0 Å². The van der Waals surface area contributed by atoms with Crippen molar-refractivity contribution in [3.8, 4) is 0 Å². The van der Waals surface area contributed by atoms with Gasteiger partial charge in [-0.05, 0) is 31.6 Å². The van der Waals surface area contributed by atoms with Gasteiger partial charge in [0.15, 0.2) is 0 Å². The fourth-order valence-electron chi connectivity index (χ4n) is 2.26. The van der Waals surface area contributed by atoms with Crippen LogP contribution in [0.15, 0.2) is 17.3 Å². The number of hydrogen-bond acceptors (Lipinski definition) is 2. The van der Waals surface area contributed by atoms with Crippen molar-refractivity contribution in [3.63, 3.8) is 0 Å². The summed E-state index contributed by atoms with van der Waals surface area (Å²) in [4.78, 5) is 10.5. The number of amides is 2. The summed E-state index contributed by atoms with van der Waals surface area (Å²) >= 11 is 0. The van der Waals surface area contributed by atoms with Crippen LogP contribution in [0.4, 0.5) is 4.79 Å². The van der Waals surface area contributed by atoms with Crippen molar-refractivity contribution in [3.05, 3.63) is 12.2 Å². The zero-order valence-electron chi connectivity index (χ0n) is 8.07. The van der Waals surface area contributed by atoms with E-state index in [0.717, 1.165) is 18.1 Å². The van der Waals surface area contributed by atoms with Crippen molar-refractivity contribution in [2.45, 2.75) is 25.7 Å². The van der Waals surface area contributed by atoms with Crippen LogP contribution in [-0.4, -0.2) is 11.7 Å². The lowest BCUT2D eigenvalue weighted by molar-refractivity contribution is 0.249. The van der Waals surface area contributed by atoms with Crippen molar-refractivity contribution < 1.29 is 4.79 Å². The van der Waals surface area contributed by atoms with E-state index in [1.807, 2.05) is 0 Å². The molecular weight excluding hydrogens is 178 g/mol. The molecule has 2 atom stereocenters. The van der Waals surface area contributed by atoms with E-state index in [-0.39, 0.29) is 0 Å². The molecule has 0 radical (unpaired) electrons. The fourth-order valence-corrected chi connectivity index (χ4v) is 2.26. The first-order valence-electron chi connectivity index (χ1n) is 5.04.